The first-order valence-electron chi connectivity index (χ1n) is 6.08. The van der Waals surface area contributed by atoms with Gasteiger partial charge in [-0.3, -0.25) is 0 Å². The van der Waals surface area contributed by atoms with Crippen LogP contribution in [0.4, 0.5) is 13.2 Å². The minimum atomic E-state index is -5.00. The van der Waals surface area contributed by atoms with E-state index in [9.17, 15) is 26.4 Å². The zero-order chi connectivity index (χ0) is 17.3. The van der Waals surface area contributed by atoms with Crippen LogP contribution in [-0.4, -0.2) is 19.5 Å². The topological polar surface area (TPSA) is 96.6 Å². The van der Waals surface area contributed by atoms with Crippen molar-refractivity contribution in [1.82, 2.24) is 4.72 Å². The molecule has 0 spiro atoms. The summed E-state index contributed by atoms with van der Waals surface area (Å²) in [6.45, 7) is -0.253. The molecule has 1 aromatic carbocycles. The van der Waals surface area contributed by atoms with E-state index >= 15 is 0 Å². The lowest BCUT2D eigenvalue weighted by molar-refractivity contribution is -0.138. The van der Waals surface area contributed by atoms with Gasteiger partial charge in [-0.1, -0.05) is 0 Å². The third-order valence-electron chi connectivity index (χ3n) is 2.85. The van der Waals surface area contributed by atoms with Gasteiger partial charge >= 0.3 is 12.1 Å². The Labute approximate surface area is 128 Å². The third kappa shape index (κ3) is 3.90. The number of benzene rings is 1. The van der Waals surface area contributed by atoms with E-state index in [4.69, 9.17) is 9.52 Å². The largest absolute Gasteiger partial charge is 0.478 e. The summed E-state index contributed by atoms with van der Waals surface area (Å²) >= 11 is 0. The van der Waals surface area contributed by atoms with Crippen LogP contribution in [0.3, 0.4) is 0 Å². The van der Waals surface area contributed by atoms with Gasteiger partial charge in [0.05, 0.1) is 28.8 Å². The van der Waals surface area contributed by atoms with Crippen LogP contribution in [0.1, 0.15) is 21.7 Å². The Morgan fingerprint density at radius 2 is 1.96 bits per heavy atom. The first-order chi connectivity index (χ1) is 10.6. The van der Waals surface area contributed by atoms with Crippen LogP contribution in [-0.2, 0) is 22.7 Å². The molecule has 1 heterocycles. The maximum Gasteiger partial charge on any atom is 0.417 e. The Morgan fingerprint density at radius 1 is 1.26 bits per heavy atom. The quantitative estimate of drug-likeness (QED) is 0.864. The Hall–Kier alpha value is -2.33. The number of rotatable bonds is 5. The first-order valence-corrected chi connectivity index (χ1v) is 7.56. The molecule has 124 valence electrons. The summed E-state index contributed by atoms with van der Waals surface area (Å²) in [6.07, 6.45) is -3.69. The Morgan fingerprint density at radius 3 is 2.48 bits per heavy atom. The van der Waals surface area contributed by atoms with Gasteiger partial charge < -0.3 is 9.52 Å². The lowest BCUT2D eigenvalue weighted by Gasteiger charge is -2.12. The monoisotopic (exact) mass is 349 g/mol. The lowest BCUT2D eigenvalue weighted by atomic mass is 10.1. The van der Waals surface area contributed by atoms with Crippen molar-refractivity contribution in [3.63, 3.8) is 0 Å². The molecule has 1 aromatic heterocycles. The number of nitrogens with one attached hydrogen (secondary N) is 1. The van der Waals surface area contributed by atoms with Crippen molar-refractivity contribution in [2.24, 2.45) is 0 Å². The van der Waals surface area contributed by atoms with Gasteiger partial charge in [-0.05, 0) is 30.3 Å². The number of carboxylic acids is 1. The molecule has 0 fully saturated rings. The number of hydrogen-bond donors (Lipinski definition) is 2. The van der Waals surface area contributed by atoms with Gasteiger partial charge in [-0.15, -0.1) is 0 Å². The summed E-state index contributed by atoms with van der Waals surface area (Å²) in [5.41, 5.74) is -2.56. The van der Waals surface area contributed by atoms with Gasteiger partial charge in [-0.25, -0.2) is 17.9 Å². The number of carbonyl (C=O) groups is 1. The molecule has 0 amide bonds. The van der Waals surface area contributed by atoms with Gasteiger partial charge in [0.25, 0.3) is 0 Å². The molecule has 0 saturated heterocycles. The standard InChI is InChI=1S/C13H10F3NO5S/c14-13(15,16)11-6-9(3-4-10(11)12(18)19)23(20,21)17-7-8-2-1-5-22-8/h1-6,17H,7H2,(H,18,19). The summed E-state index contributed by atoms with van der Waals surface area (Å²) in [4.78, 5) is 10.1. The second kappa shape index (κ2) is 6.05. The second-order valence-electron chi connectivity index (χ2n) is 4.41. The molecule has 2 aromatic rings. The van der Waals surface area contributed by atoms with Crippen molar-refractivity contribution in [2.45, 2.75) is 17.6 Å². The van der Waals surface area contributed by atoms with Crippen molar-refractivity contribution in [1.29, 1.82) is 0 Å². The number of carboxylic acid groups (broad SMARTS) is 1. The molecule has 0 atom stereocenters. The fraction of sp³-hybridized carbons (Fsp3) is 0.154. The first kappa shape index (κ1) is 17.0. The molecule has 0 aliphatic carbocycles. The maximum atomic E-state index is 12.9. The predicted octanol–water partition coefficient (Wildman–Crippen LogP) is 2.48. The number of furan rings is 1. The number of aromatic carboxylic acids is 1. The second-order valence-corrected chi connectivity index (χ2v) is 6.18. The zero-order valence-corrected chi connectivity index (χ0v) is 12.1. The Bertz CT molecular complexity index is 813. The van der Waals surface area contributed by atoms with E-state index in [-0.39, 0.29) is 18.4 Å². The summed E-state index contributed by atoms with van der Waals surface area (Å²) in [7, 11) is -4.26. The van der Waals surface area contributed by atoms with E-state index in [0.29, 0.717) is 6.07 Å². The van der Waals surface area contributed by atoms with Crippen LogP contribution in [0.15, 0.2) is 45.9 Å². The molecule has 0 aliphatic heterocycles. The van der Waals surface area contributed by atoms with Crippen LogP contribution in [0, 0.1) is 0 Å². The van der Waals surface area contributed by atoms with E-state index in [0.717, 1.165) is 6.07 Å². The molecule has 0 unspecified atom stereocenters. The smallest absolute Gasteiger partial charge is 0.417 e. The molecule has 6 nitrogen and oxygen atoms in total. The van der Waals surface area contributed by atoms with Crippen molar-refractivity contribution >= 4 is 16.0 Å². The number of halogens is 3. The van der Waals surface area contributed by atoms with Gasteiger partial charge in [-0.2, -0.15) is 13.2 Å². The minimum Gasteiger partial charge on any atom is -0.478 e. The lowest BCUT2D eigenvalue weighted by Crippen LogP contribution is -2.24. The Kier molecular flexibility index (Phi) is 4.48. The predicted molar refractivity (Wildman–Crippen MR) is 71.1 cm³/mol. The highest BCUT2D eigenvalue weighted by molar-refractivity contribution is 7.89. The van der Waals surface area contributed by atoms with Crippen molar-refractivity contribution in [3.05, 3.63) is 53.5 Å². The molecule has 2 N–H and O–H groups in total. The average molecular weight is 349 g/mol. The summed E-state index contributed by atoms with van der Waals surface area (Å²) in [6, 6.07) is 4.69. The van der Waals surface area contributed by atoms with Gasteiger partial charge in [0.15, 0.2) is 0 Å². The van der Waals surface area contributed by atoms with Gasteiger partial charge in [0.2, 0.25) is 10.0 Å². The van der Waals surface area contributed by atoms with E-state index in [1.807, 2.05) is 0 Å². The molecule has 0 saturated carbocycles. The number of alkyl halides is 3. The van der Waals surface area contributed by atoms with Crippen molar-refractivity contribution in [2.75, 3.05) is 0 Å². The molecule has 0 radical (unpaired) electrons. The van der Waals surface area contributed by atoms with Crippen molar-refractivity contribution in [3.8, 4) is 0 Å². The maximum absolute atomic E-state index is 12.9. The SMILES string of the molecule is O=C(O)c1ccc(S(=O)(=O)NCc2ccco2)cc1C(F)(F)F. The highest BCUT2D eigenvalue weighted by Gasteiger charge is 2.36. The molecule has 2 rings (SSSR count). The van der Waals surface area contributed by atoms with E-state index in [2.05, 4.69) is 4.72 Å². The normalized spacial score (nSPS) is 12.3. The fourth-order valence-electron chi connectivity index (χ4n) is 1.77. The summed E-state index contributed by atoms with van der Waals surface area (Å²) in [5.74, 6) is -1.53. The fourth-order valence-corrected chi connectivity index (χ4v) is 2.79. The van der Waals surface area contributed by atoms with Crippen LogP contribution in [0.5, 0.6) is 0 Å². The molecular weight excluding hydrogens is 339 g/mol. The van der Waals surface area contributed by atoms with E-state index in [1.165, 1.54) is 18.4 Å². The highest BCUT2D eigenvalue weighted by Crippen LogP contribution is 2.33. The van der Waals surface area contributed by atoms with Crippen LogP contribution < -0.4 is 4.72 Å². The minimum absolute atomic E-state index is 0.253. The molecular formula is C13H10F3NO5S. The van der Waals surface area contributed by atoms with Crippen LogP contribution in [0.2, 0.25) is 0 Å². The summed E-state index contributed by atoms with van der Waals surface area (Å²) < 4.78 is 69.7. The Balaban J connectivity index is 2.37. The molecule has 10 heteroatoms. The van der Waals surface area contributed by atoms with E-state index < -0.39 is 38.2 Å². The summed E-state index contributed by atoms with van der Waals surface area (Å²) in [5, 5.41) is 8.77. The van der Waals surface area contributed by atoms with Crippen LogP contribution >= 0.6 is 0 Å². The number of sulfonamides is 1. The molecule has 0 aliphatic rings. The van der Waals surface area contributed by atoms with Gasteiger partial charge in [0.1, 0.15) is 5.76 Å². The highest BCUT2D eigenvalue weighted by atomic mass is 32.2. The molecule has 23 heavy (non-hydrogen) atoms. The molecule has 0 bridgehead atoms. The van der Waals surface area contributed by atoms with Crippen LogP contribution in [0.25, 0.3) is 0 Å². The third-order valence-corrected chi connectivity index (χ3v) is 4.25. The average Bonchev–Trinajstić information content (AvgIpc) is 2.97. The van der Waals surface area contributed by atoms with Crippen molar-refractivity contribution < 1.29 is 35.9 Å². The zero-order valence-electron chi connectivity index (χ0n) is 11.3. The van der Waals surface area contributed by atoms with Gasteiger partial charge in [0, 0.05) is 0 Å². The van der Waals surface area contributed by atoms with E-state index in [1.54, 1.807) is 0 Å². The number of hydrogen-bond acceptors (Lipinski definition) is 4.